The fourth-order valence-corrected chi connectivity index (χ4v) is 1.93. The first kappa shape index (κ1) is 9.93. The molecule has 0 aromatic heterocycles. The second-order valence-corrected chi connectivity index (χ2v) is 4.37. The van der Waals surface area contributed by atoms with Crippen molar-refractivity contribution in [2.24, 2.45) is 0 Å². The molecule has 14 heavy (non-hydrogen) atoms. The number of hydrogen-bond acceptors (Lipinski definition) is 2. The van der Waals surface area contributed by atoms with Gasteiger partial charge in [-0.3, -0.25) is 4.90 Å². The zero-order valence-corrected chi connectivity index (χ0v) is 9.47. The molecule has 0 amide bonds. The summed E-state index contributed by atoms with van der Waals surface area (Å²) in [6.07, 6.45) is 0. The fraction of sp³-hybridized carbons (Fsp3) is 0.400. The van der Waals surface area contributed by atoms with Gasteiger partial charge in [0.2, 0.25) is 0 Å². The molecule has 0 bridgehead atoms. The molecule has 4 heteroatoms. The molecular formula is C10H11BrFNO. The fourth-order valence-electron chi connectivity index (χ4n) is 1.52. The van der Waals surface area contributed by atoms with Gasteiger partial charge in [0, 0.05) is 23.1 Å². The Labute approximate surface area is 90.8 Å². The molecule has 0 atom stereocenters. The van der Waals surface area contributed by atoms with Crippen molar-refractivity contribution in [1.82, 2.24) is 4.90 Å². The lowest BCUT2D eigenvalue weighted by Crippen LogP contribution is -2.20. The van der Waals surface area contributed by atoms with Gasteiger partial charge in [-0.2, -0.15) is 0 Å². The summed E-state index contributed by atoms with van der Waals surface area (Å²) in [5, 5.41) is 0. The summed E-state index contributed by atoms with van der Waals surface area (Å²) in [4.78, 5) is 2.04. The number of benzene rings is 1. The van der Waals surface area contributed by atoms with Gasteiger partial charge in [-0.1, -0.05) is 15.9 Å². The minimum atomic E-state index is -0.205. The summed E-state index contributed by atoms with van der Waals surface area (Å²) in [7, 11) is 1.96. The third-order valence-electron chi connectivity index (χ3n) is 2.28. The summed E-state index contributed by atoms with van der Waals surface area (Å²) < 4.78 is 19.7. The van der Waals surface area contributed by atoms with E-state index in [1.807, 2.05) is 18.0 Å². The predicted molar refractivity (Wildman–Crippen MR) is 55.9 cm³/mol. The molecule has 76 valence electrons. The number of hydrogen-bond donors (Lipinski definition) is 0. The molecule has 0 saturated carbocycles. The van der Waals surface area contributed by atoms with E-state index in [0.717, 1.165) is 11.0 Å². The van der Waals surface area contributed by atoms with Crippen LogP contribution < -0.4 is 4.74 Å². The molecule has 1 aliphatic heterocycles. The average Bonchev–Trinajstić information content (AvgIpc) is 2.27. The summed E-state index contributed by atoms with van der Waals surface area (Å²) in [6, 6.07) is 3.29. The van der Waals surface area contributed by atoms with E-state index < -0.39 is 0 Å². The third kappa shape index (κ3) is 1.91. The minimum absolute atomic E-state index is 0.205. The molecule has 0 aliphatic carbocycles. The Hall–Kier alpha value is -0.610. The van der Waals surface area contributed by atoms with Crippen molar-refractivity contribution in [2.45, 2.75) is 6.54 Å². The van der Waals surface area contributed by atoms with Gasteiger partial charge in [-0.05, 0) is 19.2 Å². The highest BCUT2D eigenvalue weighted by Crippen LogP contribution is 2.29. The number of likely N-dealkylation sites (N-methyl/N-ethyl adjacent to an activating group) is 1. The predicted octanol–water partition coefficient (Wildman–Crippen LogP) is 2.41. The van der Waals surface area contributed by atoms with Crippen molar-refractivity contribution in [3.8, 4) is 5.75 Å². The van der Waals surface area contributed by atoms with Crippen LogP contribution in [0.3, 0.4) is 0 Å². The largest absolute Gasteiger partial charge is 0.492 e. The van der Waals surface area contributed by atoms with Gasteiger partial charge in [-0.25, -0.2) is 4.39 Å². The summed E-state index contributed by atoms with van der Waals surface area (Å²) in [5.41, 5.74) is 0.646. The van der Waals surface area contributed by atoms with Gasteiger partial charge in [0.05, 0.1) is 0 Å². The molecule has 0 radical (unpaired) electrons. The maximum absolute atomic E-state index is 13.5. The SMILES string of the molecule is CN1CCOc2cc(Br)cc(F)c2C1. The van der Waals surface area contributed by atoms with Gasteiger partial charge in [0.15, 0.2) is 0 Å². The van der Waals surface area contributed by atoms with Gasteiger partial charge in [-0.15, -0.1) is 0 Å². The molecular weight excluding hydrogens is 249 g/mol. The number of nitrogens with zero attached hydrogens (tertiary/aromatic N) is 1. The smallest absolute Gasteiger partial charge is 0.132 e. The first-order valence-corrected chi connectivity index (χ1v) is 5.25. The van der Waals surface area contributed by atoms with E-state index in [9.17, 15) is 4.39 Å². The Morgan fingerprint density at radius 3 is 3.07 bits per heavy atom. The van der Waals surface area contributed by atoms with E-state index >= 15 is 0 Å². The number of fused-ring (bicyclic) bond motifs is 1. The van der Waals surface area contributed by atoms with Crippen LogP contribution >= 0.6 is 15.9 Å². The monoisotopic (exact) mass is 259 g/mol. The molecule has 0 unspecified atom stereocenters. The zero-order chi connectivity index (χ0) is 10.1. The molecule has 0 fully saturated rings. The number of halogens is 2. The second-order valence-electron chi connectivity index (χ2n) is 3.45. The van der Waals surface area contributed by atoms with E-state index in [-0.39, 0.29) is 5.82 Å². The van der Waals surface area contributed by atoms with Gasteiger partial charge >= 0.3 is 0 Å². The first-order valence-electron chi connectivity index (χ1n) is 4.46. The minimum Gasteiger partial charge on any atom is -0.492 e. The Morgan fingerprint density at radius 2 is 2.29 bits per heavy atom. The van der Waals surface area contributed by atoms with E-state index in [0.29, 0.717) is 24.5 Å². The van der Waals surface area contributed by atoms with Crippen LogP contribution in [0, 0.1) is 5.82 Å². The standard InChI is InChI=1S/C10H11BrFNO/c1-13-2-3-14-10-5-7(11)4-9(12)8(10)6-13/h4-5H,2-3,6H2,1H3. The second kappa shape index (κ2) is 3.87. The highest BCUT2D eigenvalue weighted by molar-refractivity contribution is 9.10. The van der Waals surface area contributed by atoms with E-state index in [1.165, 1.54) is 6.07 Å². The summed E-state index contributed by atoms with van der Waals surface area (Å²) in [5.74, 6) is 0.448. The average molecular weight is 260 g/mol. The van der Waals surface area contributed by atoms with Gasteiger partial charge in [0.25, 0.3) is 0 Å². The molecule has 1 aromatic carbocycles. The van der Waals surface area contributed by atoms with Crippen LogP contribution in [0.2, 0.25) is 0 Å². The van der Waals surface area contributed by atoms with Crippen molar-refractivity contribution in [1.29, 1.82) is 0 Å². The quantitative estimate of drug-likeness (QED) is 0.710. The summed E-state index contributed by atoms with van der Waals surface area (Å²) in [6.45, 7) is 2.04. The van der Waals surface area contributed by atoms with E-state index in [1.54, 1.807) is 0 Å². The van der Waals surface area contributed by atoms with Crippen molar-refractivity contribution >= 4 is 15.9 Å². The lowest BCUT2D eigenvalue weighted by atomic mass is 10.2. The van der Waals surface area contributed by atoms with Crippen LogP contribution in [0.25, 0.3) is 0 Å². The maximum atomic E-state index is 13.5. The van der Waals surface area contributed by atoms with Crippen LogP contribution in [0.5, 0.6) is 5.75 Å². The Kier molecular flexibility index (Phi) is 2.74. The van der Waals surface area contributed by atoms with Gasteiger partial charge in [0.1, 0.15) is 18.2 Å². The molecule has 0 N–H and O–H groups in total. The van der Waals surface area contributed by atoms with E-state index in [2.05, 4.69) is 15.9 Å². The summed E-state index contributed by atoms with van der Waals surface area (Å²) >= 11 is 3.25. The first-order chi connectivity index (χ1) is 6.66. The Balaban J connectivity index is 2.45. The van der Waals surface area contributed by atoms with Crippen molar-refractivity contribution in [2.75, 3.05) is 20.2 Å². The Bertz CT molecular complexity index is 356. The maximum Gasteiger partial charge on any atom is 0.132 e. The molecule has 2 nitrogen and oxygen atoms in total. The van der Waals surface area contributed by atoms with Crippen molar-refractivity contribution < 1.29 is 9.13 Å². The van der Waals surface area contributed by atoms with Gasteiger partial charge < -0.3 is 4.74 Å². The lowest BCUT2D eigenvalue weighted by Gasteiger charge is -2.12. The van der Waals surface area contributed by atoms with Crippen LogP contribution in [-0.2, 0) is 6.54 Å². The van der Waals surface area contributed by atoms with Crippen LogP contribution in [0.1, 0.15) is 5.56 Å². The number of ether oxygens (including phenoxy) is 1. The van der Waals surface area contributed by atoms with Crippen molar-refractivity contribution in [3.63, 3.8) is 0 Å². The number of rotatable bonds is 0. The highest BCUT2D eigenvalue weighted by Gasteiger charge is 2.16. The third-order valence-corrected chi connectivity index (χ3v) is 2.74. The molecule has 0 saturated heterocycles. The Morgan fingerprint density at radius 1 is 1.50 bits per heavy atom. The lowest BCUT2D eigenvalue weighted by molar-refractivity contribution is 0.258. The molecule has 1 aromatic rings. The molecule has 0 spiro atoms. The normalized spacial score (nSPS) is 17.1. The van der Waals surface area contributed by atoms with E-state index in [4.69, 9.17) is 4.74 Å². The molecule has 1 aliphatic rings. The van der Waals surface area contributed by atoms with Crippen molar-refractivity contribution in [3.05, 3.63) is 28.0 Å². The highest BCUT2D eigenvalue weighted by atomic mass is 79.9. The molecule has 1 heterocycles. The zero-order valence-electron chi connectivity index (χ0n) is 7.89. The van der Waals surface area contributed by atoms with Crippen LogP contribution in [0.4, 0.5) is 4.39 Å². The molecule has 2 rings (SSSR count). The van der Waals surface area contributed by atoms with Crippen LogP contribution in [0.15, 0.2) is 16.6 Å². The topological polar surface area (TPSA) is 12.5 Å². The van der Waals surface area contributed by atoms with Crippen LogP contribution in [-0.4, -0.2) is 25.1 Å².